The lowest BCUT2D eigenvalue weighted by Gasteiger charge is -2.18. The molecule has 2 amide bonds. The second-order valence-corrected chi connectivity index (χ2v) is 7.14. The number of rotatable bonds is 5. The summed E-state index contributed by atoms with van der Waals surface area (Å²) in [6.07, 6.45) is -1.66. The highest BCUT2D eigenvalue weighted by atomic mass is 32.1. The van der Waals surface area contributed by atoms with Gasteiger partial charge < -0.3 is 4.90 Å². The quantitative estimate of drug-likeness (QED) is 0.446. The number of alkyl halides is 3. The van der Waals surface area contributed by atoms with Crippen LogP contribution in [0.1, 0.15) is 31.8 Å². The Morgan fingerprint density at radius 3 is 2.66 bits per heavy atom. The third kappa shape index (κ3) is 3.92. The molecule has 10 heteroatoms. The Morgan fingerprint density at radius 2 is 1.91 bits per heavy atom. The van der Waals surface area contributed by atoms with E-state index in [9.17, 15) is 22.8 Å². The molecular formula is C22H15F3N4O2S. The van der Waals surface area contributed by atoms with Gasteiger partial charge in [0.05, 0.1) is 23.2 Å². The summed E-state index contributed by atoms with van der Waals surface area (Å²) in [6.45, 7) is -0.199. The first-order valence-corrected chi connectivity index (χ1v) is 9.83. The van der Waals surface area contributed by atoms with Crippen molar-refractivity contribution in [3.8, 4) is 11.1 Å². The van der Waals surface area contributed by atoms with Gasteiger partial charge in [-0.1, -0.05) is 30.4 Å². The molecule has 0 unspecified atom stereocenters. The number of carbonyl (C=O) groups excluding carboxylic acids is 2. The lowest BCUT2D eigenvalue weighted by Crippen LogP contribution is -2.36. The van der Waals surface area contributed by atoms with Crippen molar-refractivity contribution in [2.24, 2.45) is 0 Å². The van der Waals surface area contributed by atoms with Gasteiger partial charge >= 0.3 is 6.18 Å². The van der Waals surface area contributed by atoms with Gasteiger partial charge in [-0.3, -0.25) is 25.4 Å². The topological polar surface area (TPSA) is 74.3 Å². The fourth-order valence-electron chi connectivity index (χ4n) is 3.64. The van der Waals surface area contributed by atoms with Gasteiger partial charge in [-0.25, -0.2) is 0 Å². The number of benzene rings is 2. The Balaban J connectivity index is 1.71. The lowest BCUT2D eigenvalue weighted by atomic mass is 10.0. The van der Waals surface area contributed by atoms with Gasteiger partial charge in [-0.15, -0.1) is 0 Å². The van der Waals surface area contributed by atoms with Crippen LogP contribution in [0, 0.1) is 0 Å². The van der Waals surface area contributed by atoms with E-state index in [1.165, 1.54) is 29.4 Å². The lowest BCUT2D eigenvalue weighted by molar-refractivity contribution is -0.138. The molecule has 4 rings (SSSR count). The molecule has 0 radical (unpaired) electrons. The Hall–Kier alpha value is -3.79. The van der Waals surface area contributed by atoms with E-state index >= 15 is 0 Å². The number of hydrazine groups is 1. The predicted molar refractivity (Wildman–Crippen MR) is 116 cm³/mol. The zero-order valence-electron chi connectivity index (χ0n) is 16.3. The maximum Gasteiger partial charge on any atom is 0.416 e. The predicted octanol–water partition coefficient (Wildman–Crippen LogP) is 4.12. The van der Waals surface area contributed by atoms with E-state index in [-0.39, 0.29) is 23.2 Å². The number of nitrogens with zero attached hydrogens (tertiary/aromatic N) is 2. The van der Waals surface area contributed by atoms with E-state index in [0.29, 0.717) is 16.8 Å². The van der Waals surface area contributed by atoms with Crippen molar-refractivity contribution in [1.29, 1.82) is 0 Å². The Morgan fingerprint density at radius 1 is 1.12 bits per heavy atom. The van der Waals surface area contributed by atoms with Crippen LogP contribution >= 0.6 is 12.2 Å². The number of carbonyl (C=O) groups is 2. The highest BCUT2D eigenvalue weighted by Crippen LogP contribution is 2.39. The minimum absolute atomic E-state index is 0.0282. The molecule has 1 aliphatic rings. The number of halogens is 3. The third-order valence-corrected chi connectivity index (χ3v) is 5.17. The summed E-state index contributed by atoms with van der Waals surface area (Å²) in [6, 6.07) is 11.9. The average Bonchev–Trinajstić information content (AvgIpc) is 3.13. The van der Waals surface area contributed by atoms with E-state index in [1.807, 2.05) is 0 Å². The van der Waals surface area contributed by atoms with Crippen LogP contribution in [-0.2, 0) is 12.7 Å². The molecule has 2 aromatic carbocycles. The third-order valence-electron chi connectivity index (χ3n) is 5.05. The molecular weight excluding hydrogens is 441 g/mol. The second kappa shape index (κ2) is 8.39. The Labute approximate surface area is 186 Å². The summed E-state index contributed by atoms with van der Waals surface area (Å²) >= 11 is 4.62. The second-order valence-electron chi connectivity index (χ2n) is 6.91. The summed E-state index contributed by atoms with van der Waals surface area (Å²) in [4.78, 5) is 30.6. The normalized spacial score (nSPS) is 13.0. The van der Waals surface area contributed by atoms with Gasteiger partial charge in [0.2, 0.25) is 0 Å². The molecule has 0 fully saturated rings. The maximum absolute atomic E-state index is 13.4. The average molecular weight is 456 g/mol. The van der Waals surface area contributed by atoms with Gasteiger partial charge in [0.15, 0.2) is 0 Å². The van der Waals surface area contributed by atoms with Gasteiger partial charge in [0.25, 0.3) is 11.8 Å². The highest BCUT2D eigenvalue weighted by Gasteiger charge is 2.39. The first-order valence-electron chi connectivity index (χ1n) is 9.36. The molecule has 0 spiro atoms. The SMILES string of the molecule is O=C(NNC=S)c1cnccc1-c1cccc(N2Cc3c(cccc3C(F)(F)F)C2=O)c1. The van der Waals surface area contributed by atoms with Crippen LogP contribution in [0.3, 0.4) is 0 Å². The van der Waals surface area contributed by atoms with Crippen molar-refractivity contribution in [2.75, 3.05) is 4.90 Å². The van der Waals surface area contributed by atoms with Crippen molar-refractivity contribution in [1.82, 2.24) is 15.8 Å². The molecule has 32 heavy (non-hydrogen) atoms. The van der Waals surface area contributed by atoms with Gasteiger partial charge in [-0.05, 0) is 47.0 Å². The summed E-state index contributed by atoms with van der Waals surface area (Å²) in [5.41, 5.74) is 6.93. The van der Waals surface area contributed by atoms with E-state index in [0.717, 1.165) is 11.6 Å². The van der Waals surface area contributed by atoms with Crippen LogP contribution < -0.4 is 15.8 Å². The number of aromatic nitrogens is 1. The Bertz CT molecular complexity index is 1230. The molecule has 3 aromatic rings. The number of amides is 2. The molecule has 1 aliphatic heterocycles. The van der Waals surface area contributed by atoms with Gasteiger partial charge in [-0.2, -0.15) is 13.2 Å². The van der Waals surface area contributed by atoms with E-state index in [2.05, 4.69) is 28.1 Å². The fraction of sp³-hybridized carbons (Fsp3) is 0.0909. The van der Waals surface area contributed by atoms with E-state index < -0.39 is 23.6 Å². The first kappa shape index (κ1) is 21.4. The van der Waals surface area contributed by atoms with E-state index in [4.69, 9.17) is 0 Å². The summed E-state index contributed by atoms with van der Waals surface area (Å²) in [5, 5.41) is 0. The molecule has 0 bridgehead atoms. The van der Waals surface area contributed by atoms with Gasteiger partial charge in [0.1, 0.15) is 0 Å². The largest absolute Gasteiger partial charge is 0.416 e. The first-order chi connectivity index (χ1) is 15.3. The number of anilines is 1. The zero-order chi connectivity index (χ0) is 22.9. The molecule has 1 aromatic heterocycles. The summed E-state index contributed by atoms with van der Waals surface area (Å²) in [5.74, 6) is -0.986. The number of thiocarbonyl (C=S) groups is 1. The van der Waals surface area contributed by atoms with Crippen molar-refractivity contribution < 1.29 is 22.8 Å². The van der Waals surface area contributed by atoms with Crippen LogP contribution in [-0.4, -0.2) is 22.3 Å². The maximum atomic E-state index is 13.4. The van der Waals surface area contributed by atoms with Crippen LogP contribution in [0.4, 0.5) is 18.9 Å². The number of hydrogen-bond acceptors (Lipinski definition) is 4. The minimum atomic E-state index is -4.56. The zero-order valence-corrected chi connectivity index (χ0v) is 17.1. The summed E-state index contributed by atoms with van der Waals surface area (Å²) in [7, 11) is 0. The van der Waals surface area contributed by atoms with Gasteiger partial charge in [0, 0.05) is 23.6 Å². The summed E-state index contributed by atoms with van der Waals surface area (Å²) < 4.78 is 40.2. The van der Waals surface area contributed by atoms with E-state index in [1.54, 1.807) is 30.3 Å². The standard InChI is InChI=1S/C22H15F3N4O2S/c23-22(24,25)19-6-2-5-16-18(19)11-29(21(16)31)14-4-1-3-13(9-14)15-7-8-26-10-17(15)20(30)28-27-12-32/h1-10,12H,11H2,(H,27,32)(H,28,30). The van der Waals surface area contributed by atoms with Crippen molar-refractivity contribution in [3.05, 3.63) is 83.2 Å². The molecule has 0 saturated heterocycles. The molecule has 0 aliphatic carbocycles. The van der Waals surface area contributed by atoms with Crippen LogP contribution in [0.15, 0.2) is 60.9 Å². The molecule has 2 N–H and O–H groups in total. The number of hydrogen-bond donors (Lipinski definition) is 2. The Kier molecular flexibility index (Phi) is 5.62. The number of nitrogens with one attached hydrogen (secondary N) is 2. The molecule has 2 heterocycles. The number of pyridine rings is 1. The smallest absolute Gasteiger partial charge is 0.304 e. The molecule has 6 nitrogen and oxygen atoms in total. The minimum Gasteiger partial charge on any atom is -0.304 e. The fourth-order valence-corrected chi connectivity index (χ4v) is 3.70. The highest BCUT2D eigenvalue weighted by molar-refractivity contribution is 7.78. The van der Waals surface area contributed by atoms with Crippen molar-refractivity contribution >= 4 is 35.2 Å². The van der Waals surface area contributed by atoms with Crippen LogP contribution in [0.5, 0.6) is 0 Å². The van der Waals surface area contributed by atoms with Crippen LogP contribution in [0.25, 0.3) is 11.1 Å². The van der Waals surface area contributed by atoms with Crippen LogP contribution in [0.2, 0.25) is 0 Å². The van der Waals surface area contributed by atoms with Crippen molar-refractivity contribution in [3.63, 3.8) is 0 Å². The molecule has 0 saturated carbocycles. The molecule has 162 valence electrons. The van der Waals surface area contributed by atoms with Crippen molar-refractivity contribution in [2.45, 2.75) is 12.7 Å². The molecule has 0 atom stereocenters. The number of fused-ring (bicyclic) bond motifs is 1. The monoisotopic (exact) mass is 456 g/mol.